The summed E-state index contributed by atoms with van der Waals surface area (Å²) in [7, 11) is 4.44. The standard InChI is InChI=1S/C16H35N3/c1-5-11-17-15(2)9-6-7-12-19-13-8-10-16(14-19)18(3)4/h15-17H,5-14H2,1-4H3. The number of nitrogens with zero attached hydrogens (tertiary/aromatic N) is 2. The van der Waals surface area contributed by atoms with Gasteiger partial charge in [-0.3, -0.25) is 0 Å². The predicted octanol–water partition coefficient (Wildman–Crippen LogP) is 2.57. The molecular formula is C16H35N3. The molecule has 114 valence electrons. The van der Waals surface area contributed by atoms with Crippen LogP contribution in [0.1, 0.15) is 52.4 Å². The molecule has 0 bridgehead atoms. The number of unbranched alkanes of at least 4 members (excludes halogenated alkanes) is 1. The molecule has 0 radical (unpaired) electrons. The molecule has 0 amide bonds. The number of hydrogen-bond donors (Lipinski definition) is 1. The molecule has 0 aromatic carbocycles. The van der Waals surface area contributed by atoms with Crippen LogP contribution >= 0.6 is 0 Å². The summed E-state index contributed by atoms with van der Waals surface area (Å²) in [5.41, 5.74) is 0. The molecule has 0 aromatic heterocycles. The first-order valence-corrected chi connectivity index (χ1v) is 8.25. The molecular weight excluding hydrogens is 234 g/mol. The highest BCUT2D eigenvalue weighted by atomic mass is 15.2. The number of likely N-dealkylation sites (tertiary alicyclic amines) is 1. The van der Waals surface area contributed by atoms with Gasteiger partial charge in [0.15, 0.2) is 0 Å². The van der Waals surface area contributed by atoms with Gasteiger partial charge < -0.3 is 15.1 Å². The van der Waals surface area contributed by atoms with Gasteiger partial charge >= 0.3 is 0 Å². The van der Waals surface area contributed by atoms with Crippen molar-refractivity contribution in [3.8, 4) is 0 Å². The van der Waals surface area contributed by atoms with E-state index in [-0.39, 0.29) is 0 Å². The maximum Gasteiger partial charge on any atom is 0.0217 e. The van der Waals surface area contributed by atoms with Crippen molar-refractivity contribution in [3.63, 3.8) is 0 Å². The summed E-state index contributed by atoms with van der Waals surface area (Å²) in [6, 6.07) is 1.47. The molecule has 3 nitrogen and oxygen atoms in total. The summed E-state index contributed by atoms with van der Waals surface area (Å²) in [5.74, 6) is 0. The second kappa shape index (κ2) is 9.73. The van der Waals surface area contributed by atoms with Crippen LogP contribution < -0.4 is 5.32 Å². The molecule has 1 fully saturated rings. The second-order valence-electron chi connectivity index (χ2n) is 6.41. The van der Waals surface area contributed by atoms with Crippen molar-refractivity contribution in [2.75, 3.05) is 40.3 Å². The van der Waals surface area contributed by atoms with Crippen LogP contribution in [0.3, 0.4) is 0 Å². The fraction of sp³-hybridized carbons (Fsp3) is 1.00. The van der Waals surface area contributed by atoms with Crippen LogP contribution in [0.5, 0.6) is 0 Å². The fourth-order valence-corrected chi connectivity index (χ4v) is 2.93. The van der Waals surface area contributed by atoms with Crippen molar-refractivity contribution >= 4 is 0 Å². The van der Waals surface area contributed by atoms with E-state index in [9.17, 15) is 0 Å². The van der Waals surface area contributed by atoms with Gasteiger partial charge in [0, 0.05) is 18.6 Å². The van der Waals surface area contributed by atoms with Gasteiger partial charge in [-0.15, -0.1) is 0 Å². The van der Waals surface area contributed by atoms with Gasteiger partial charge in [0.2, 0.25) is 0 Å². The average Bonchev–Trinajstić information content (AvgIpc) is 2.41. The number of rotatable bonds is 9. The number of likely N-dealkylation sites (N-methyl/N-ethyl adjacent to an activating group) is 1. The summed E-state index contributed by atoms with van der Waals surface area (Å²) >= 11 is 0. The summed E-state index contributed by atoms with van der Waals surface area (Å²) < 4.78 is 0. The lowest BCUT2D eigenvalue weighted by molar-refractivity contribution is 0.131. The van der Waals surface area contributed by atoms with E-state index in [1.54, 1.807) is 0 Å². The van der Waals surface area contributed by atoms with Gasteiger partial charge in [0.1, 0.15) is 0 Å². The van der Waals surface area contributed by atoms with Crippen molar-refractivity contribution in [3.05, 3.63) is 0 Å². The Morgan fingerprint density at radius 3 is 2.79 bits per heavy atom. The number of nitrogens with one attached hydrogen (secondary N) is 1. The topological polar surface area (TPSA) is 18.5 Å². The minimum Gasteiger partial charge on any atom is -0.314 e. The molecule has 1 N–H and O–H groups in total. The van der Waals surface area contributed by atoms with E-state index in [0.717, 1.165) is 12.6 Å². The Morgan fingerprint density at radius 2 is 2.11 bits per heavy atom. The van der Waals surface area contributed by atoms with Gasteiger partial charge in [-0.25, -0.2) is 0 Å². The Hall–Kier alpha value is -0.120. The number of hydrogen-bond acceptors (Lipinski definition) is 3. The van der Waals surface area contributed by atoms with E-state index in [1.807, 2.05) is 0 Å². The zero-order chi connectivity index (χ0) is 14.1. The van der Waals surface area contributed by atoms with Crippen LogP contribution in [0, 0.1) is 0 Å². The Kier molecular flexibility index (Phi) is 8.67. The first kappa shape index (κ1) is 16.9. The molecule has 2 atom stereocenters. The zero-order valence-corrected chi connectivity index (χ0v) is 13.6. The van der Waals surface area contributed by atoms with E-state index < -0.39 is 0 Å². The van der Waals surface area contributed by atoms with Crippen molar-refractivity contribution in [2.24, 2.45) is 0 Å². The molecule has 1 aliphatic rings. The first-order valence-electron chi connectivity index (χ1n) is 8.25. The van der Waals surface area contributed by atoms with E-state index in [0.29, 0.717) is 6.04 Å². The lowest BCUT2D eigenvalue weighted by Crippen LogP contribution is -2.45. The van der Waals surface area contributed by atoms with E-state index in [2.05, 4.69) is 43.1 Å². The largest absolute Gasteiger partial charge is 0.314 e. The predicted molar refractivity (Wildman–Crippen MR) is 84.8 cm³/mol. The summed E-state index contributed by atoms with van der Waals surface area (Å²) in [4.78, 5) is 5.06. The normalized spacial score (nSPS) is 22.9. The highest BCUT2D eigenvalue weighted by Crippen LogP contribution is 2.14. The van der Waals surface area contributed by atoms with Gasteiger partial charge in [0.05, 0.1) is 0 Å². The van der Waals surface area contributed by atoms with E-state index >= 15 is 0 Å². The SMILES string of the molecule is CCCNC(C)CCCCN1CCCC(N(C)C)C1. The summed E-state index contributed by atoms with van der Waals surface area (Å²) in [6.07, 6.45) is 8.03. The highest BCUT2D eigenvalue weighted by Gasteiger charge is 2.20. The maximum atomic E-state index is 3.57. The van der Waals surface area contributed by atoms with Crippen LogP contribution in [0.25, 0.3) is 0 Å². The monoisotopic (exact) mass is 269 g/mol. The van der Waals surface area contributed by atoms with Crippen molar-refractivity contribution in [1.82, 2.24) is 15.1 Å². The number of piperidine rings is 1. The molecule has 1 heterocycles. The summed E-state index contributed by atoms with van der Waals surface area (Å²) in [6.45, 7) is 9.60. The molecule has 1 saturated heterocycles. The first-order chi connectivity index (χ1) is 9.13. The Labute approximate surface area is 120 Å². The third-order valence-electron chi connectivity index (χ3n) is 4.32. The van der Waals surface area contributed by atoms with Crippen molar-refractivity contribution < 1.29 is 0 Å². The lowest BCUT2D eigenvalue weighted by Gasteiger charge is -2.36. The minimum absolute atomic E-state index is 0.691. The molecule has 2 unspecified atom stereocenters. The van der Waals surface area contributed by atoms with Gasteiger partial charge in [0.25, 0.3) is 0 Å². The molecule has 1 aliphatic heterocycles. The van der Waals surface area contributed by atoms with Crippen LogP contribution in [-0.2, 0) is 0 Å². The van der Waals surface area contributed by atoms with Gasteiger partial charge in [-0.1, -0.05) is 13.3 Å². The zero-order valence-electron chi connectivity index (χ0n) is 13.6. The second-order valence-corrected chi connectivity index (χ2v) is 6.41. The van der Waals surface area contributed by atoms with Gasteiger partial charge in [-0.05, 0) is 72.8 Å². The minimum atomic E-state index is 0.691. The third kappa shape index (κ3) is 7.28. The van der Waals surface area contributed by atoms with Crippen LogP contribution in [0.4, 0.5) is 0 Å². The Balaban J connectivity index is 2.05. The Morgan fingerprint density at radius 1 is 1.32 bits per heavy atom. The highest BCUT2D eigenvalue weighted by molar-refractivity contribution is 4.77. The van der Waals surface area contributed by atoms with Crippen LogP contribution in [0.15, 0.2) is 0 Å². The molecule has 3 heteroatoms. The molecule has 1 rings (SSSR count). The third-order valence-corrected chi connectivity index (χ3v) is 4.32. The maximum absolute atomic E-state index is 3.57. The quantitative estimate of drug-likeness (QED) is 0.649. The van der Waals surface area contributed by atoms with Crippen molar-refractivity contribution in [1.29, 1.82) is 0 Å². The van der Waals surface area contributed by atoms with Gasteiger partial charge in [-0.2, -0.15) is 0 Å². The molecule has 0 spiro atoms. The Bertz CT molecular complexity index is 218. The lowest BCUT2D eigenvalue weighted by atomic mass is 10.0. The molecule has 0 aliphatic carbocycles. The van der Waals surface area contributed by atoms with Crippen LogP contribution in [-0.4, -0.2) is 62.2 Å². The molecule has 19 heavy (non-hydrogen) atoms. The summed E-state index contributed by atoms with van der Waals surface area (Å²) in [5, 5.41) is 3.57. The average molecular weight is 269 g/mol. The van der Waals surface area contributed by atoms with E-state index in [1.165, 1.54) is 58.2 Å². The van der Waals surface area contributed by atoms with Crippen LogP contribution in [0.2, 0.25) is 0 Å². The van der Waals surface area contributed by atoms with Crippen molar-refractivity contribution in [2.45, 2.75) is 64.5 Å². The smallest absolute Gasteiger partial charge is 0.0217 e. The fourth-order valence-electron chi connectivity index (χ4n) is 2.93. The molecule has 0 aromatic rings. The van der Waals surface area contributed by atoms with E-state index in [4.69, 9.17) is 0 Å². The molecule has 0 saturated carbocycles.